The molecule has 2 heteroatoms. The molecule has 0 atom stereocenters. The predicted octanol–water partition coefficient (Wildman–Crippen LogP) is 6.59. The van der Waals surface area contributed by atoms with Crippen LogP contribution in [0.4, 0.5) is 11.4 Å². The van der Waals surface area contributed by atoms with Crippen molar-refractivity contribution in [3.05, 3.63) is 58.7 Å². The summed E-state index contributed by atoms with van der Waals surface area (Å²) in [6, 6.07) is 12.7. The van der Waals surface area contributed by atoms with E-state index in [2.05, 4.69) is 76.0 Å². The number of hydrogen-bond acceptors (Lipinski definition) is 2. The van der Waals surface area contributed by atoms with Gasteiger partial charge in [-0.3, -0.25) is 9.98 Å². The standard InChI is InChI=1S/C22H28N2/c1-6-7-8-22(24-21-12-10-17(3)19(5)14-21)15-23-20-11-9-16(2)18(4)13-20/h9-15H,6-8H2,1-5H3. The van der Waals surface area contributed by atoms with E-state index in [1.165, 1.54) is 22.3 Å². The summed E-state index contributed by atoms with van der Waals surface area (Å²) >= 11 is 0. The number of benzene rings is 2. The first-order valence-electron chi connectivity index (χ1n) is 8.75. The quantitative estimate of drug-likeness (QED) is 0.537. The third-order valence-electron chi connectivity index (χ3n) is 4.40. The molecule has 0 aliphatic carbocycles. The summed E-state index contributed by atoms with van der Waals surface area (Å²) in [6.07, 6.45) is 5.17. The van der Waals surface area contributed by atoms with Gasteiger partial charge in [-0.1, -0.05) is 25.5 Å². The Hall–Kier alpha value is -2.22. The van der Waals surface area contributed by atoms with Gasteiger partial charge in [0.25, 0.3) is 0 Å². The number of aryl methyl sites for hydroxylation is 4. The second-order valence-electron chi connectivity index (χ2n) is 6.50. The Balaban J connectivity index is 2.26. The van der Waals surface area contributed by atoms with Crippen LogP contribution in [0.1, 0.15) is 48.4 Å². The molecule has 0 bridgehead atoms. The minimum atomic E-state index is 0.956. The van der Waals surface area contributed by atoms with E-state index in [-0.39, 0.29) is 0 Å². The molecular formula is C22H28N2. The van der Waals surface area contributed by atoms with Crippen LogP contribution in [0.15, 0.2) is 46.4 Å². The van der Waals surface area contributed by atoms with Crippen molar-refractivity contribution < 1.29 is 0 Å². The molecule has 0 amide bonds. The summed E-state index contributed by atoms with van der Waals surface area (Å²) in [6.45, 7) is 10.7. The van der Waals surface area contributed by atoms with E-state index in [0.29, 0.717) is 0 Å². The van der Waals surface area contributed by atoms with Gasteiger partial charge in [-0.15, -0.1) is 0 Å². The topological polar surface area (TPSA) is 24.7 Å². The summed E-state index contributed by atoms with van der Waals surface area (Å²) in [5, 5.41) is 0. The zero-order chi connectivity index (χ0) is 17.5. The lowest BCUT2D eigenvalue weighted by Gasteiger charge is -2.04. The molecule has 2 aromatic rings. The zero-order valence-electron chi connectivity index (χ0n) is 15.6. The van der Waals surface area contributed by atoms with Gasteiger partial charge in [-0.25, -0.2) is 0 Å². The number of rotatable bonds is 6. The fourth-order valence-electron chi connectivity index (χ4n) is 2.42. The minimum Gasteiger partial charge on any atom is -0.255 e. The molecule has 0 saturated carbocycles. The van der Waals surface area contributed by atoms with Gasteiger partial charge in [0.05, 0.1) is 17.1 Å². The minimum absolute atomic E-state index is 0.956. The largest absolute Gasteiger partial charge is 0.255 e. The fraction of sp³-hybridized carbons (Fsp3) is 0.364. The first-order valence-corrected chi connectivity index (χ1v) is 8.75. The Morgan fingerprint density at radius 3 is 2.00 bits per heavy atom. The number of hydrogen-bond donors (Lipinski definition) is 0. The highest BCUT2D eigenvalue weighted by molar-refractivity contribution is 6.31. The highest BCUT2D eigenvalue weighted by atomic mass is 14.8. The van der Waals surface area contributed by atoms with Crippen molar-refractivity contribution in [2.45, 2.75) is 53.9 Å². The molecule has 0 aliphatic heterocycles. The molecule has 0 fully saturated rings. The third-order valence-corrected chi connectivity index (χ3v) is 4.40. The maximum Gasteiger partial charge on any atom is 0.0636 e. The molecule has 0 radical (unpaired) electrons. The monoisotopic (exact) mass is 320 g/mol. The number of nitrogens with zero attached hydrogens (tertiary/aromatic N) is 2. The van der Waals surface area contributed by atoms with Crippen LogP contribution in [0.5, 0.6) is 0 Å². The van der Waals surface area contributed by atoms with Crippen LogP contribution in [0.3, 0.4) is 0 Å². The average Bonchev–Trinajstić information content (AvgIpc) is 2.56. The van der Waals surface area contributed by atoms with Gasteiger partial charge in [-0.05, 0) is 87.1 Å². The Kier molecular flexibility index (Phi) is 6.48. The maximum absolute atomic E-state index is 4.82. The molecule has 126 valence electrons. The van der Waals surface area contributed by atoms with Crippen molar-refractivity contribution in [1.29, 1.82) is 0 Å². The van der Waals surface area contributed by atoms with Crippen molar-refractivity contribution in [3.8, 4) is 0 Å². The van der Waals surface area contributed by atoms with Crippen molar-refractivity contribution in [2.75, 3.05) is 0 Å². The lowest BCUT2D eigenvalue weighted by Crippen LogP contribution is -1.99. The SMILES string of the molecule is CCCCC(C=Nc1ccc(C)c(C)c1)=Nc1ccc(C)c(C)c1. The van der Waals surface area contributed by atoms with Gasteiger partial charge in [0.2, 0.25) is 0 Å². The second-order valence-corrected chi connectivity index (χ2v) is 6.50. The first kappa shape index (κ1) is 18.1. The summed E-state index contributed by atoms with van der Waals surface area (Å²) in [4.78, 5) is 9.46. The van der Waals surface area contributed by atoms with E-state index < -0.39 is 0 Å². The van der Waals surface area contributed by atoms with Crippen molar-refractivity contribution >= 4 is 23.3 Å². The molecule has 2 nitrogen and oxygen atoms in total. The van der Waals surface area contributed by atoms with E-state index in [4.69, 9.17) is 4.99 Å². The van der Waals surface area contributed by atoms with E-state index >= 15 is 0 Å². The summed E-state index contributed by atoms with van der Waals surface area (Å²) in [7, 11) is 0. The van der Waals surface area contributed by atoms with Crippen molar-refractivity contribution in [2.24, 2.45) is 9.98 Å². The first-order chi connectivity index (χ1) is 11.5. The van der Waals surface area contributed by atoms with Gasteiger partial charge in [0.1, 0.15) is 0 Å². The predicted molar refractivity (Wildman–Crippen MR) is 107 cm³/mol. The van der Waals surface area contributed by atoms with Crippen molar-refractivity contribution in [3.63, 3.8) is 0 Å². The zero-order valence-corrected chi connectivity index (χ0v) is 15.6. The molecule has 0 N–H and O–H groups in total. The average molecular weight is 320 g/mol. The Morgan fingerprint density at radius 1 is 0.833 bits per heavy atom. The lowest BCUT2D eigenvalue weighted by molar-refractivity contribution is 0.839. The summed E-state index contributed by atoms with van der Waals surface area (Å²) in [5.74, 6) is 0. The van der Waals surface area contributed by atoms with Crippen LogP contribution in [-0.2, 0) is 0 Å². The van der Waals surface area contributed by atoms with Gasteiger partial charge >= 0.3 is 0 Å². The molecule has 0 saturated heterocycles. The van der Waals surface area contributed by atoms with Gasteiger partial charge in [-0.2, -0.15) is 0 Å². The van der Waals surface area contributed by atoms with Gasteiger partial charge in [0.15, 0.2) is 0 Å². The van der Waals surface area contributed by atoms with E-state index in [9.17, 15) is 0 Å². The Labute approximate surface area is 146 Å². The smallest absolute Gasteiger partial charge is 0.0636 e. The molecule has 2 rings (SSSR count). The van der Waals surface area contributed by atoms with Crippen LogP contribution < -0.4 is 0 Å². The molecular weight excluding hydrogens is 292 g/mol. The molecule has 0 heterocycles. The van der Waals surface area contributed by atoms with Crippen LogP contribution in [0.2, 0.25) is 0 Å². The number of unbranched alkanes of at least 4 members (excludes halogenated alkanes) is 1. The summed E-state index contributed by atoms with van der Waals surface area (Å²) in [5.41, 5.74) is 8.18. The highest BCUT2D eigenvalue weighted by Gasteiger charge is 2.00. The van der Waals surface area contributed by atoms with Crippen LogP contribution in [0, 0.1) is 27.7 Å². The molecule has 0 unspecified atom stereocenters. The van der Waals surface area contributed by atoms with E-state index in [0.717, 1.165) is 36.3 Å². The summed E-state index contributed by atoms with van der Waals surface area (Å²) < 4.78 is 0. The fourth-order valence-corrected chi connectivity index (χ4v) is 2.42. The highest BCUT2D eigenvalue weighted by Crippen LogP contribution is 2.19. The third kappa shape index (κ3) is 5.16. The normalized spacial score (nSPS) is 12.1. The molecule has 0 spiro atoms. The van der Waals surface area contributed by atoms with E-state index in [1.54, 1.807) is 0 Å². The number of aliphatic imine (C=N–C) groups is 2. The molecule has 24 heavy (non-hydrogen) atoms. The van der Waals surface area contributed by atoms with Crippen molar-refractivity contribution in [1.82, 2.24) is 0 Å². The Morgan fingerprint density at radius 2 is 1.42 bits per heavy atom. The van der Waals surface area contributed by atoms with Gasteiger partial charge < -0.3 is 0 Å². The lowest BCUT2D eigenvalue weighted by atomic mass is 10.1. The molecule has 0 aromatic heterocycles. The van der Waals surface area contributed by atoms with E-state index in [1.807, 2.05) is 6.21 Å². The maximum atomic E-state index is 4.82. The van der Waals surface area contributed by atoms with Crippen LogP contribution in [-0.4, -0.2) is 11.9 Å². The van der Waals surface area contributed by atoms with Gasteiger partial charge in [0, 0.05) is 6.21 Å². The van der Waals surface area contributed by atoms with Crippen LogP contribution in [0.25, 0.3) is 0 Å². The molecule has 0 aliphatic rings. The van der Waals surface area contributed by atoms with Crippen LogP contribution >= 0.6 is 0 Å². The second kappa shape index (κ2) is 8.58. The molecule has 2 aromatic carbocycles. The Bertz CT molecular complexity index is 755.